The molecule has 9 heteroatoms. The van der Waals surface area contributed by atoms with Crippen LogP contribution >= 0.6 is 22.9 Å². The minimum atomic E-state index is -3.91. The lowest BCUT2D eigenvalue weighted by molar-refractivity contribution is 0.0697. The third kappa shape index (κ3) is 2.92. The third-order valence-corrected chi connectivity index (χ3v) is 5.74. The number of nitrogens with one attached hydrogen (secondary N) is 1. The smallest absolute Gasteiger partial charge is 0.339 e. The average Bonchev–Trinajstić information content (AvgIpc) is 2.70. The molecule has 0 aliphatic heterocycles. The van der Waals surface area contributed by atoms with Gasteiger partial charge < -0.3 is 5.11 Å². The van der Waals surface area contributed by atoms with Gasteiger partial charge in [-0.05, 0) is 30.7 Å². The number of nitrogens with zero attached hydrogens (tertiary/aromatic N) is 1. The Labute approximate surface area is 124 Å². The van der Waals surface area contributed by atoms with Gasteiger partial charge in [-0.3, -0.25) is 4.72 Å². The van der Waals surface area contributed by atoms with Crippen molar-refractivity contribution in [1.29, 1.82) is 0 Å². The number of rotatable bonds is 4. The molecule has 0 radical (unpaired) electrons. The Balaban J connectivity index is 2.41. The highest BCUT2D eigenvalue weighted by molar-refractivity contribution is 7.94. The Bertz CT molecular complexity index is 751. The second kappa shape index (κ2) is 5.39. The van der Waals surface area contributed by atoms with E-state index in [1.165, 1.54) is 24.4 Å². The van der Waals surface area contributed by atoms with Crippen LogP contribution in [0.5, 0.6) is 0 Å². The number of aromatic nitrogens is 1. The maximum atomic E-state index is 12.1. The van der Waals surface area contributed by atoms with Crippen molar-refractivity contribution in [3.63, 3.8) is 0 Å². The highest BCUT2D eigenvalue weighted by Crippen LogP contribution is 2.31. The highest BCUT2D eigenvalue weighted by atomic mass is 35.5. The SMILES string of the molecule is Cc1cc(S(=O)(=O)Nc2ncccc2C(=O)O)sc1Cl. The number of anilines is 1. The van der Waals surface area contributed by atoms with E-state index in [4.69, 9.17) is 16.7 Å². The first-order chi connectivity index (χ1) is 9.31. The van der Waals surface area contributed by atoms with E-state index >= 15 is 0 Å². The van der Waals surface area contributed by atoms with Crippen molar-refractivity contribution in [2.24, 2.45) is 0 Å². The number of carbonyl (C=O) groups is 1. The normalized spacial score (nSPS) is 11.3. The van der Waals surface area contributed by atoms with Crippen LogP contribution in [-0.2, 0) is 10.0 Å². The van der Waals surface area contributed by atoms with Crippen molar-refractivity contribution in [2.75, 3.05) is 4.72 Å². The summed E-state index contributed by atoms with van der Waals surface area (Å²) in [6, 6.07) is 4.09. The fourth-order valence-electron chi connectivity index (χ4n) is 1.40. The molecule has 0 aliphatic carbocycles. The molecule has 0 atom stereocenters. The van der Waals surface area contributed by atoms with E-state index in [-0.39, 0.29) is 15.6 Å². The molecule has 2 N–H and O–H groups in total. The largest absolute Gasteiger partial charge is 0.478 e. The van der Waals surface area contributed by atoms with Gasteiger partial charge in [0.1, 0.15) is 9.77 Å². The van der Waals surface area contributed by atoms with Crippen LogP contribution in [0.1, 0.15) is 15.9 Å². The number of pyridine rings is 1. The van der Waals surface area contributed by atoms with Crippen LogP contribution in [0.4, 0.5) is 5.82 Å². The monoisotopic (exact) mass is 332 g/mol. The van der Waals surface area contributed by atoms with Crippen molar-refractivity contribution in [3.05, 3.63) is 39.9 Å². The van der Waals surface area contributed by atoms with E-state index in [0.717, 1.165) is 11.3 Å². The van der Waals surface area contributed by atoms with Crippen molar-refractivity contribution >= 4 is 44.7 Å². The van der Waals surface area contributed by atoms with Crippen LogP contribution in [-0.4, -0.2) is 24.5 Å². The number of carboxylic acids is 1. The van der Waals surface area contributed by atoms with Gasteiger partial charge in [0.25, 0.3) is 10.0 Å². The van der Waals surface area contributed by atoms with Crippen LogP contribution in [0.25, 0.3) is 0 Å². The lowest BCUT2D eigenvalue weighted by Gasteiger charge is -2.07. The lowest BCUT2D eigenvalue weighted by Crippen LogP contribution is -2.15. The van der Waals surface area contributed by atoms with E-state index < -0.39 is 16.0 Å². The molecule has 0 fully saturated rings. The van der Waals surface area contributed by atoms with Gasteiger partial charge in [-0.1, -0.05) is 11.6 Å². The first-order valence-electron chi connectivity index (χ1n) is 5.28. The second-order valence-corrected chi connectivity index (χ2v) is 7.40. The van der Waals surface area contributed by atoms with E-state index in [9.17, 15) is 13.2 Å². The van der Waals surface area contributed by atoms with Crippen LogP contribution in [0.3, 0.4) is 0 Å². The second-order valence-electron chi connectivity index (χ2n) is 3.83. The molecular weight excluding hydrogens is 324 g/mol. The summed E-state index contributed by atoms with van der Waals surface area (Å²) in [4.78, 5) is 14.7. The Morgan fingerprint density at radius 3 is 2.75 bits per heavy atom. The van der Waals surface area contributed by atoms with Gasteiger partial charge in [0.2, 0.25) is 0 Å². The Hall–Kier alpha value is -1.64. The minimum absolute atomic E-state index is 0.00184. The molecule has 2 heterocycles. The van der Waals surface area contributed by atoms with Crippen molar-refractivity contribution in [3.8, 4) is 0 Å². The van der Waals surface area contributed by atoms with Gasteiger partial charge in [-0.25, -0.2) is 18.2 Å². The van der Waals surface area contributed by atoms with Crippen molar-refractivity contribution in [2.45, 2.75) is 11.1 Å². The first-order valence-corrected chi connectivity index (χ1v) is 7.96. The van der Waals surface area contributed by atoms with Crippen molar-refractivity contribution in [1.82, 2.24) is 4.98 Å². The molecule has 2 rings (SSSR count). The number of hydrogen-bond acceptors (Lipinski definition) is 5. The molecule has 20 heavy (non-hydrogen) atoms. The summed E-state index contributed by atoms with van der Waals surface area (Å²) >= 11 is 6.73. The topological polar surface area (TPSA) is 96.4 Å². The van der Waals surface area contributed by atoms with Gasteiger partial charge in [-0.2, -0.15) is 0 Å². The van der Waals surface area contributed by atoms with Gasteiger partial charge in [0, 0.05) is 6.20 Å². The molecular formula is C11H9ClN2O4S2. The summed E-state index contributed by atoms with van der Waals surface area (Å²) < 4.78 is 26.8. The number of halogens is 1. The molecule has 0 saturated carbocycles. The van der Waals surface area contributed by atoms with Gasteiger partial charge in [0.15, 0.2) is 5.82 Å². The van der Waals surface area contributed by atoms with E-state index in [0.29, 0.717) is 9.90 Å². The first kappa shape index (κ1) is 14.8. The van der Waals surface area contributed by atoms with Gasteiger partial charge in [0.05, 0.1) is 4.34 Å². The molecule has 0 spiro atoms. The number of aromatic carboxylic acids is 1. The Kier molecular flexibility index (Phi) is 3.98. The molecule has 106 valence electrons. The fraction of sp³-hybridized carbons (Fsp3) is 0.0909. The molecule has 0 amide bonds. The van der Waals surface area contributed by atoms with Crippen LogP contribution in [0.15, 0.2) is 28.6 Å². The maximum absolute atomic E-state index is 12.1. The van der Waals surface area contributed by atoms with Crippen molar-refractivity contribution < 1.29 is 18.3 Å². The summed E-state index contributed by atoms with van der Waals surface area (Å²) in [7, 11) is -3.91. The molecule has 0 aliphatic rings. The zero-order valence-electron chi connectivity index (χ0n) is 10.1. The van der Waals surface area contributed by atoms with Crippen LogP contribution < -0.4 is 4.72 Å². The molecule has 0 aromatic carbocycles. The summed E-state index contributed by atoms with van der Waals surface area (Å²) in [5, 5.41) is 8.99. The zero-order chi connectivity index (χ0) is 14.9. The Morgan fingerprint density at radius 1 is 1.50 bits per heavy atom. The van der Waals surface area contributed by atoms with E-state index in [1.807, 2.05) is 0 Å². The summed E-state index contributed by atoms with van der Waals surface area (Å²) in [5.41, 5.74) is 0.409. The number of aryl methyl sites for hydroxylation is 1. The van der Waals surface area contributed by atoms with Crippen LogP contribution in [0, 0.1) is 6.92 Å². The molecule has 0 bridgehead atoms. The van der Waals surface area contributed by atoms with Gasteiger partial charge in [-0.15, -0.1) is 11.3 Å². The fourth-order valence-corrected chi connectivity index (χ4v) is 4.14. The minimum Gasteiger partial charge on any atom is -0.478 e. The van der Waals surface area contributed by atoms with Crippen LogP contribution in [0.2, 0.25) is 4.34 Å². The molecule has 0 saturated heterocycles. The maximum Gasteiger partial charge on any atom is 0.339 e. The summed E-state index contributed by atoms with van der Waals surface area (Å²) in [5.74, 6) is -1.50. The van der Waals surface area contributed by atoms with E-state index in [2.05, 4.69) is 9.71 Å². The molecule has 0 unspecified atom stereocenters. The molecule has 2 aromatic heterocycles. The number of hydrogen-bond donors (Lipinski definition) is 2. The molecule has 6 nitrogen and oxygen atoms in total. The quantitative estimate of drug-likeness (QED) is 0.897. The Morgan fingerprint density at radius 2 is 2.20 bits per heavy atom. The standard InChI is InChI=1S/C11H9ClN2O4S2/c1-6-5-8(19-9(6)12)20(17,18)14-10-7(11(15)16)3-2-4-13-10/h2-5H,1H3,(H,13,14)(H,15,16). The number of sulfonamides is 1. The van der Waals surface area contributed by atoms with E-state index in [1.54, 1.807) is 6.92 Å². The number of thiophene rings is 1. The third-order valence-electron chi connectivity index (χ3n) is 2.37. The molecule has 2 aromatic rings. The average molecular weight is 333 g/mol. The summed E-state index contributed by atoms with van der Waals surface area (Å²) in [6.07, 6.45) is 1.30. The lowest BCUT2D eigenvalue weighted by atomic mass is 10.3. The predicted molar refractivity (Wildman–Crippen MR) is 76.1 cm³/mol. The van der Waals surface area contributed by atoms with Gasteiger partial charge >= 0.3 is 5.97 Å². The number of carboxylic acid groups (broad SMARTS) is 1. The highest BCUT2D eigenvalue weighted by Gasteiger charge is 2.22. The predicted octanol–water partition coefficient (Wildman–Crippen LogP) is 2.60. The zero-order valence-corrected chi connectivity index (χ0v) is 12.5. The summed E-state index contributed by atoms with van der Waals surface area (Å²) in [6.45, 7) is 1.68.